The van der Waals surface area contributed by atoms with Gasteiger partial charge in [-0.05, 0) is 11.6 Å². The number of hydrogen-bond acceptors (Lipinski definition) is 2. The van der Waals surface area contributed by atoms with Crippen LogP contribution in [0.5, 0.6) is 0 Å². The number of benzene rings is 2. The van der Waals surface area contributed by atoms with Crippen molar-refractivity contribution in [2.24, 2.45) is 0 Å². The number of rotatable bonds is 2. The fourth-order valence-corrected chi connectivity index (χ4v) is 1.94. The lowest BCUT2D eigenvalue weighted by molar-refractivity contribution is -0.388. The van der Waals surface area contributed by atoms with Gasteiger partial charge in [-0.3, -0.25) is 10.1 Å². The molecule has 24 heavy (non-hydrogen) atoms. The average Bonchev–Trinajstić information content (AvgIpc) is 2.50. The van der Waals surface area contributed by atoms with Crippen LogP contribution in [-0.2, 0) is 6.18 Å². The maximum absolute atomic E-state index is 13.6. The average molecular weight is 357 g/mol. The second kappa shape index (κ2) is 5.73. The predicted octanol–water partition coefficient (Wildman–Crippen LogP) is 4.98. The molecule has 0 aliphatic heterocycles. The van der Waals surface area contributed by atoms with E-state index >= 15 is 0 Å². The Balaban J connectivity index is 2.81. The van der Waals surface area contributed by atoms with Gasteiger partial charge in [0, 0.05) is 6.07 Å². The molecule has 0 atom stereocenters. The summed E-state index contributed by atoms with van der Waals surface area (Å²) in [4.78, 5) is 9.23. The summed E-state index contributed by atoms with van der Waals surface area (Å²) < 4.78 is 105. The van der Waals surface area contributed by atoms with Crippen LogP contribution in [0.4, 0.5) is 40.8 Å². The molecule has 0 spiro atoms. The lowest BCUT2D eigenvalue weighted by atomic mass is 10.0. The third-order valence-corrected chi connectivity index (χ3v) is 3.00. The van der Waals surface area contributed by atoms with Gasteiger partial charge < -0.3 is 0 Å². The van der Waals surface area contributed by atoms with E-state index in [9.17, 15) is 45.2 Å². The molecule has 0 unspecified atom stereocenters. The number of halogens is 8. The SMILES string of the molecule is O=[N+]([O-])c1cc(-c2c(F)c(F)c(F)c(F)c2F)ccc1C(F)(F)F. The lowest BCUT2D eigenvalue weighted by Crippen LogP contribution is -2.09. The summed E-state index contributed by atoms with van der Waals surface area (Å²) >= 11 is 0. The first-order valence-electron chi connectivity index (χ1n) is 5.84. The van der Waals surface area contributed by atoms with Crippen molar-refractivity contribution >= 4 is 5.69 Å². The van der Waals surface area contributed by atoms with E-state index in [0.29, 0.717) is 6.07 Å². The van der Waals surface area contributed by atoms with Crippen molar-refractivity contribution in [2.75, 3.05) is 0 Å². The third kappa shape index (κ3) is 2.76. The fraction of sp³-hybridized carbons (Fsp3) is 0.0769. The van der Waals surface area contributed by atoms with E-state index in [1.165, 1.54) is 0 Å². The number of alkyl halides is 3. The van der Waals surface area contributed by atoms with E-state index < -0.39 is 62.6 Å². The summed E-state index contributed by atoms with van der Waals surface area (Å²) in [6.45, 7) is 0. The molecule has 0 radical (unpaired) electrons. The summed E-state index contributed by atoms with van der Waals surface area (Å²) in [6, 6.07) is 0.570. The van der Waals surface area contributed by atoms with E-state index in [2.05, 4.69) is 0 Å². The molecule has 0 saturated carbocycles. The molecule has 0 aromatic heterocycles. The Morgan fingerprint density at radius 3 is 1.71 bits per heavy atom. The molecule has 0 N–H and O–H groups in total. The largest absolute Gasteiger partial charge is 0.422 e. The highest BCUT2D eigenvalue weighted by molar-refractivity contribution is 5.69. The molecule has 0 bridgehead atoms. The third-order valence-electron chi connectivity index (χ3n) is 3.00. The van der Waals surface area contributed by atoms with Crippen molar-refractivity contribution < 1.29 is 40.0 Å². The van der Waals surface area contributed by atoms with Gasteiger partial charge in [0.05, 0.1) is 10.5 Å². The molecule has 2 rings (SSSR count). The highest BCUT2D eigenvalue weighted by Crippen LogP contribution is 2.40. The Bertz CT molecular complexity index is 818. The smallest absolute Gasteiger partial charge is 0.258 e. The Kier molecular flexibility index (Phi) is 4.21. The van der Waals surface area contributed by atoms with Gasteiger partial charge in [0.25, 0.3) is 5.69 Å². The molecular formula is C13H3F8NO2. The van der Waals surface area contributed by atoms with Crippen molar-refractivity contribution in [3.05, 3.63) is 63.0 Å². The van der Waals surface area contributed by atoms with Crippen molar-refractivity contribution in [2.45, 2.75) is 6.18 Å². The minimum Gasteiger partial charge on any atom is -0.258 e. The van der Waals surface area contributed by atoms with E-state index in [0.717, 1.165) is 0 Å². The first kappa shape index (κ1) is 17.6. The van der Waals surface area contributed by atoms with Gasteiger partial charge in [-0.1, -0.05) is 6.07 Å². The highest BCUT2D eigenvalue weighted by atomic mass is 19.4. The monoisotopic (exact) mass is 357 g/mol. The minimum atomic E-state index is -5.16. The quantitative estimate of drug-likeness (QED) is 0.250. The van der Waals surface area contributed by atoms with E-state index in [1.54, 1.807) is 0 Å². The normalized spacial score (nSPS) is 11.7. The van der Waals surface area contributed by atoms with Crippen LogP contribution in [0.25, 0.3) is 11.1 Å². The first-order chi connectivity index (χ1) is 11.0. The molecule has 0 aliphatic carbocycles. The van der Waals surface area contributed by atoms with Crippen LogP contribution < -0.4 is 0 Å². The zero-order valence-corrected chi connectivity index (χ0v) is 11.0. The number of hydrogen-bond donors (Lipinski definition) is 0. The van der Waals surface area contributed by atoms with Crippen molar-refractivity contribution in [1.29, 1.82) is 0 Å². The van der Waals surface area contributed by atoms with Gasteiger partial charge >= 0.3 is 6.18 Å². The number of nitro groups is 1. The molecule has 0 aliphatic rings. The minimum absolute atomic E-state index is 0.0844. The van der Waals surface area contributed by atoms with Crippen molar-refractivity contribution in [1.82, 2.24) is 0 Å². The van der Waals surface area contributed by atoms with Crippen LogP contribution in [0.3, 0.4) is 0 Å². The second-order valence-corrected chi connectivity index (χ2v) is 4.43. The van der Waals surface area contributed by atoms with Gasteiger partial charge in [0.15, 0.2) is 23.3 Å². The molecule has 128 valence electrons. The Labute approximate surface area is 127 Å². The summed E-state index contributed by atoms with van der Waals surface area (Å²) in [5, 5.41) is 10.7. The summed E-state index contributed by atoms with van der Waals surface area (Å²) in [5.41, 5.74) is -5.87. The maximum atomic E-state index is 13.6. The molecule has 0 fully saturated rings. The van der Waals surface area contributed by atoms with Gasteiger partial charge in [0.1, 0.15) is 5.56 Å². The van der Waals surface area contributed by atoms with Crippen LogP contribution in [0.1, 0.15) is 5.56 Å². The Hall–Kier alpha value is -2.72. The molecule has 2 aromatic carbocycles. The lowest BCUT2D eigenvalue weighted by Gasteiger charge is -2.11. The van der Waals surface area contributed by atoms with Crippen LogP contribution >= 0.6 is 0 Å². The standard InChI is InChI=1S/C13H3F8NO2/c14-8-7(9(15)11(17)12(18)10(8)16)4-1-2-5(13(19,20)21)6(3-4)22(23)24/h1-3H. The van der Waals surface area contributed by atoms with Crippen LogP contribution in [0.15, 0.2) is 18.2 Å². The van der Waals surface area contributed by atoms with E-state index in [4.69, 9.17) is 0 Å². The predicted molar refractivity (Wildman–Crippen MR) is 63.3 cm³/mol. The van der Waals surface area contributed by atoms with Crippen LogP contribution in [0, 0.1) is 39.2 Å². The highest BCUT2D eigenvalue weighted by Gasteiger charge is 2.39. The zero-order chi connectivity index (χ0) is 18.4. The van der Waals surface area contributed by atoms with Gasteiger partial charge in [0.2, 0.25) is 5.82 Å². The molecule has 0 saturated heterocycles. The molecule has 11 heteroatoms. The number of nitro benzene ring substituents is 1. The Morgan fingerprint density at radius 2 is 1.29 bits per heavy atom. The van der Waals surface area contributed by atoms with E-state index in [1.807, 2.05) is 0 Å². The Morgan fingerprint density at radius 1 is 0.833 bits per heavy atom. The molecular weight excluding hydrogens is 354 g/mol. The molecule has 0 amide bonds. The maximum Gasteiger partial charge on any atom is 0.422 e. The topological polar surface area (TPSA) is 43.1 Å². The van der Waals surface area contributed by atoms with Crippen molar-refractivity contribution in [3.63, 3.8) is 0 Å². The zero-order valence-electron chi connectivity index (χ0n) is 11.0. The van der Waals surface area contributed by atoms with Crippen molar-refractivity contribution in [3.8, 4) is 11.1 Å². The van der Waals surface area contributed by atoms with Crippen LogP contribution in [0.2, 0.25) is 0 Å². The van der Waals surface area contributed by atoms with Gasteiger partial charge in [-0.2, -0.15) is 13.2 Å². The summed E-state index contributed by atoms with van der Waals surface area (Å²) in [7, 11) is 0. The summed E-state index contributed by atoms with van der Waals surface area (Å²) in [6.07, 6.45) is -5.16. The van der Waals surface area contributed by atoms with Crippen LogP contribution in [-0.4, -0.2) is 4.92 Å². The molecule has 0 heterocycles. The molecule has 2 aromatic rings. The molecule has 3 nitrogen and oxygen atoms in total. The van der Waals surface area contributed by atoms with Gasteiger partial charge in [-0.25, -0.2) is 22.0 Å². The number of nitrogens with zero attached hydrogens (tertiary/aromatic N) is 1. The first-order valence-corrected chi connectivity index (χ1v) is 5.84. The van der Waals surface area contributed by atoms with E-state index in [-0.39, 0.29) is 12.1 Å². The van der Waals surface area contributed by atoms with Gasteiger partial charge in [-0.15, -0.1) is 0 Å². The second-order valence-electron chi connectivity index (χ2n) is 4.43. The fourth-order valence-electron chi connectivity index (χ4n) is 1.94. The summed E-state index contributed by atoms with van der Waals surface area (Å²) in [5.74, 6) is -11.8.